The highest BCUT2D eigenvalue weighted by atomic mass is 16.5. The summed E-state index contributed by atoms with van der Waals surface area (Å²) in [6.07, 6.45) is 0. The first-order chi connectivity index (χ1) is 9.63. The van der Waals surface area contributed by atoms with Crippen LogP contribution in [-0.4, -0.2) is 6.61 Å². The number of hydrogen-bond acceptors (Lipinski definition) is 3. The van der Waals surface area contributed by atoms with Crippen molar-refractivity contribution in [3.8, 4) is 17.2 Å². The minimum atomic E-state index is 0.391. The molecular weight excluding hydrogens is 250 g/mol. The van der Waals surface area contributed by atoms with Gasteiger partial charge in [-0.1, -0.05) is 38.1 Å². The van der Waals surface area contributed by atoms with Crippen LogP contribution in [0.1, 0.15) is 32.3 Å². The van der Waals surface area contributed by atoms with Crippen molar-refractivity contribution in [1.82, 2.24) is 0 Å². The Labute approximate surface area is 120 Å². The van der Waals surface area contributed by atoms with Crippen molar-refractivity contribution in [3.63, 3.8) is 0 Å². The number of rotatable bonds is 5. The van der Waals surface area contributed by atoms with E-state index in [4.69, 9.17) is 15.2 Å². The number of benzene rings is 2. The molecule has 0 spiro atoms. The third-order valence-electron chi connectivity index (χ3n) is 3.09. The van der Waals surface area contributed by atoms with Gasteiger partial charge in [0.2, 0.25) is 0 Å². The molecule has 0 aliphatic carbocycles. The Hall–Kier alpha value is -2.16. The zero-order chi connectivity index (χ0) is 14.5. The highest BCUT2D eigenvalue weighted by Crippen LogP contribution is 2.37. The average Bonchev–Trinajstić information content (AvgIpc) is 2.44. The van der Waals surface area contributed by atoms with Gasteiger partial charge >= 0.3 is 0 Å². The molecule has 0 heterocycles. The molecule has 106 valence electrons. The molecule has 0 fully saturated rings. The fourth-order valence-electron chi connectivity index (χ4n) is 2.06. The van der Waals surface area contributed by atoms with Crippen LogP contribution in [0.25, 0.3) is 0 Å². The fraction of sp³-hybridized carbons (Fsp3) is 0.294. The maximum Gasteiger partial charge on any atom is 0.154 e. The molecule has 3 heteroatoms. The average molecular weight is 271 g/mol. The van der Waals surface area contributed by atoms with Crippen LogP contribution in [0.5, 0.6) is 17.2 Å². The number of ether oxygens (including phenoxy) is 2. The van der Waals surface area contributed by atoms with Gasteiger partial charge in [-0.05, 0) is 36.6 Å². The van der Waals surface area contributed by atoms with Crippen LogP contribution in [0.15, 0.2) is 42.5 Å². The van der Waals surface area contributed by atoms with Crippen LogP contribution in [0.3, 0.4) is 0 Å². The second-order valence-electron chi connectivity index (χ2n) is 4.90. The second kappa shape index (κ2) is 6.33. The first kappa shape index (κ1) is 14.3. The topological polar surface area (TPSA) is 44.5 Å². The molecule has 0 saturated heterocycles. The summed E-state index contributed by atoms with van der Waals surface area (Å²) in [4.78, 5) is 0. The largest absolute Gasteiger partial charge is 0.492 e. The van der Waals surface area contributed by atoms with Crippen LogP contribution in [0.2, 0.25) is 0 Å². The lowest BCUT2D eigenvalue weighted by Crippen LogP contribution is -2.00. The summed E-state index contributed by atoms with van der Waals surface area (Å²) in [5.74, 6) is 2.52. The summed E-state index contributed by atoms with van der Waals surface area (Å²) in [7, 11) is 0. The van der Waals surface area contributed by atoms with Gasteiger partial charge in [-0.3, -0.25) is 0 Å². The molecule has 0 radical (unpaired) electrons. The summed E-state index contributed by atoms with van der Waals surface area (Å²) < 4.78 is 11.5. The standard InChI is InChI=1S/C17H21NO2/c1-4-19-15-10-7-11-16(17(15)18)20-14-9-6-5-8-13(14)12(2)3/h5-12H,4,18H2,1-3H3. The van der Waals surface area contributed by atoms with Crippen LogP contribution < -0.4 is 15.2 Å². The van der Waals surface area contributed by atoms with E-state index in [1.165, 1.54) is 0 Å². The number of anilines is 1. The quantitative estimate of drug-likeness (QED) is 0.809. The summed E-state index contributed by atoms with van der Waals surface area (Å²) in [5, 5.41) is 0. The summed E-state index contributed by atoms with van der Waals surface area (Å²) in [6, 6.07) is 13.6. The Morgan fingerprint density at radius 3 is 2.30 bits per heavy atom. The van der Waals surface area contributed by atoms with Gasteiger partial charge in [-0.15, -0.1) is 0 Å². The molecule has 0 unspecified atom stereocenters. The summed E-state index contributed by atoms with van der Waals surface area (Å²) in [6.45, 7) is 6.79. The van der Waals surface area contributed by atoms with Crippen LogP contribution >= 0.6 is 0 Å². The van der Waals surface area contributed by atoms with Crippen molar-refractivity contribution in [2.45, 2.75) is 26.7 Å². The Morgan fingerprint density at radius 1 is 0.950 bits per heavy atom. The van der Waals surface area contributed by atoms with Crippen LogP contribution in [0, 0.1) is 0 Å². The predicted octanol–water partition coefficient (Wildman–Crippen LogP) is 4.58. The lowest BCUT2D eigenvalue weighted by atomic mass is 10.0. The van der Waals surface area contributed by atoms with E-state index in [-0.39, 0.29) is 0 Å². The van der Waals surface area contributed by atoms with Crippen molar-refractivity contribution in [3.05, 3.63) is 48.0 Å². The minimum absolute atomic E-state index is 0.391. The van der Waals surface area contributed by atoms with Crippen molar-refractivity contribution in [1.29, 1.82) is 0 Å². The highest BCUT2D eigenvalue weighted by Gasteiger charge is 2.11. The van der Waals surface area contributed by atoms with Gasteiger partial charge in [0.25, 0.3) is 0 Å². The fourth-order valence-corrected chi connectivity index (χ4v) is 2.06. The van der Waals surface area contributed by atoms with E-state index >= 15 is 0 Å². The van der Waals surface area contributed by atoms with E-state index in [0.717, 1.165) is 11.3 Å². The molecule has 20 heavy (non-hydrogen) atoms. The first-order valence-electron chi connectivity index (χ1n) is 6.91. The van der Waals surface area contributed by atoms with E-state index < -0.39 is 0 Å². The zero-order valence-corrected chi connectivity index (χ0v) is 12.2. The van der Waals surface area contributed by atoms with Gasteiger partial charge in [0.15, 0.2) is 5.75 Å². The molecule has 3 nitrogen and oxygen atoms in total. The van der Waals surface area contributed by atoms with Crippen LogP contribution in [0.4, 0.5) is 5.69 Å². The smallest absolute Gasteiger partial charge is 0.154 e. The normalized spacial score (nSPS) is 10.6. The van der Waals surface area contributed by atoms with Gasteiger partial charge < -0.3 is 15.2 Å². The Kier molecular flexibility index (Phi) is 4.51. The Balaban J connectivity index is 2.33. The monoisotopic (exact) mass is 271 g/mol. The van der Waals surface area contributed by atoms with E-state index in [1.807, 2.05) is 43.3 Å². The van der Waals surface area contributed by atoms with Crippen molar-refractivity contribution >= 4 is 5.69 Å². The van der Waals surface area contributed by atoms with Crippen LogP contribution in [-0.2, 0) is 0 Å². The van der Waals surface area contributed by atoms with Gasteiger partial charge in [0, 0.05) is 0 Å². The van der Waals surface area contributed by atoms with E-state index in [0.29, 0.717) is 29.7 Å². The first-order valence-corrected chi connectivity index (χ1v) is 6.91. The zero-order valence-electron chi connectivity index (χ0n) is 12.2. The molecule has 0 saturated carbocycles. The SMILES string of the molecule is CCOc1cccc(Oc2ccccc2C(C)C)c1N. The minimum Gasteiger partial charge on any atom is -0.492 e. The molecule has 0 amide bonds. The van der Waals surface area contributed by atoms with Crippen molar-refractivity contribution in [2.75, 3.05) is 12.3 Å². The van der Waals surface area contributed by atoms with E-state index in [1.54, 1.807) is 0 Å². The number of nitrogen functional groups attached to an aromatic ring is 1. The molecule has 2 aromatic rings. The van der Waals surface area contributed by atoms with Gasteiger partial charge in [-0.2, -0.15) is 0 Å². The molecule has 0 aliphatic rings. The summed E-state index contributed by atoms with van der Waals surface area (Å²) in [5.41, 5.74) is 7.79. The molecule has 0 bridgehead atoms. The van der Waals surface area contributed by atoms with E-state index in [2.05, 4.69) is 19.9 Å². The number of para-hydroxylation sites is 2. The van der Waals surface area contributed by atoms with Gasteiger partial charge in [-0.25, -0.2) is 0 Å². The molecule has 2 aromatic carbocycles. The van der Waals surface area contributed by atoms with Gasteiger partial charge in [0.05, 0.1) is 6.61 Å². The third kappa shape index (κ3) is 3.05. The molecule has 2 rings (SSSR count). The maximum absolute atomic E-state index is 6.09. The predicted molar refractivity (Wildman–Crippen MR) is 82.6 cm³/mol. The molecule has 0 aliphatic heterocycles. The third-order valence-corrected chi connectivity index (χ3v) is 3.09. The Bertz CT molecular complexity index is 579. The van der Waals surface area contributed by atoms with Crippen molar-refractivity contribution < 1.29 is 9.47 Å². The molecule has 0 atom stereocenters. The van der Waals surface area contributed by atoms with E-state index in [9.17, 15) is 0 Å². The number of hydrogen-bond donors (Lipinski definition) is 1. The molecular formula is C17H21NO2. The summed E-state index contributed by atoms with van der Waals surface area (Å²) >= 11 is 0. The number of nitrogens with two attached hydrogens (primary N) is 1. The lowest BCUT2D eigenvalue weighted by molar-refractivity contribution is 0.340. The molecule has 2 N–H and O–H groups in total. The Morgan fingerprint density at radius 2 is 1.60 bits per heavy atom. The molecule has 0 aromatic heterocycles. The second-order valence-corrected chi connectivity index (χ2v) is 4.90. The van der Waals surface area contributed by atoms with Gasteiger partial charge in [0.1, 0.15) is 17.2 Å². The lowest BCUT2D eigenvalue weighted by Gasteiger charge is -2.16. The highest BCUT2D eigenvalue weighted by molar-refractivity contribution is 5.63. The van der Waals surface area contributed by atoms with Crippen molar-refractivity contribution in [2.24, 2.45) is 0 Å². The maximum atomic E-state index is 6.09.